The third-order valence-electron chi connectivity index (χ3n) is 6.15. The summed E-state index contributed by atoms with van der Waals surface area (Å²) >= 11 is 0. The van der Waals surface area contributed by atoms with Gasteiger partial charge in [0.1, 0.15) is 5.75 Å². The molecule has 0 aliphatic heterocycles. The topological polar surface area (TPSA) is 98.1 Å². The van der Waals surface area contributed by atoms with E-state index in [-0.39, 0.29) is 30.6 Å². The van der Waals surface area contributed by atoms with E-state index < -0.39 is 17.6 Å². The first-order chi connectivity index (χ1) is 16.5. The first-order valence-electron chi connectivity index (χ1n) is 11.6. The van der Waals surface area contributed by atoms with Crippen molar-refractivity contribution in [2.75, 3.05) is 6.54 Å². The highest BCUT2D eigenvalue weighted by Crippen LogP contribution is 2.29. The molecule has 0 saturated carbocycles. The summed E-state index contributed by atoms with van der Waals surface area (Å²) in [7, 11) is 0. The number of hydrogen-bond donors (Lipinski definition) is 3. The largest absolute Gasteiger partial charge is 0.508 e. The van der Waals surface area contributed by atoms with Crippen LogP contribution >= 0.6 is 0 Å². The number of aromatic hydroxyl groups is 1. The van der Waals surface area contributed by atoms with Crippen molar-refractivity contribution in [2.45, 2.75) is 51.9 Å². The quantitative estimate of drug-likeness (QED) is 0.414. The summed E-state index contributed by atoms with van der Waals surface area (Å²) < 4.78 is 0. The van der Waals surface area contributed by atoms with Crippen LogP contribution in [-0.4, -0.2) is 44.0 Å². The highest BCUT2D eigenvalue weighted by molar-refractivity contribution is 6.09. The molecule has 0 bridgehead atoms. The first-order valence-corrected chi connectivity index (χ1v) is 11.6. The Labute approximate surface area is 206 Å². The summed E-state index contributed by atoms with van der Waals surface area (Å²) in [6.45, 7) is 7.17. The van der Waals surface area contributed by atoms with E-state index in [1.165, 1.54) is 12.1 Å². The van der Waals surface area contributed by atoms with Crippen molar-refractivity contribution in [2.24, 2.45) is 0 Å². The highest BCUT2D eigenvalue weighted by atomic mass is 16.3. The number of aliphatic hydroxyl groups is 2. The molecule has 1 amide bonds. The first kappa shape index (κ1) is 26.1. The minimum absolute atomic E-state index is 0.0327. The average Bonchev–Trinajstić information content (AvgIpc) is 2.86. The van der Waals surface area contributed by atoms with Crippen molar-refractivity contribution in [1.82, 2.24) is 4.90 Å². The molecular weight excluding hydrogens is 442 g/mol. The van der Waals surface area contributed by atoms with Crippen LogP contribution in [0.4, 0.5) is 0 Å². The molecule has 35 heavy (non-hydrogen) atoms. The third-order valence-corrected chi connectivity index (χ3v) is 6.15. The normalized spacial score (nSPS) is 13.2. The van der Waals surface area contributed by atoms with Crippen molar-refractivity contribution >= 4 is 11.7 Å². The van der Waals surface area contributed by atoms with Gasteiger partial charge in [-0.25, -0.2) is 0 Å². The van der Waals surface area contributed by atoms with Gasteiger partial charge in [-0.1, -0.05) is 54.6 Å². The Morgan fingerprint density at radius 2 is 1.54 bits per heavy atom. The van der Waals surface area contributed by atoms with E-state index in [9.17, 15) is 24.9 Å². The lowest BCUT2D eigenvalue weighted by Gasteiger charge is -2.39. The van der Waals surface area contributed by atoms with Gasteiger partial charge in [-0.15, -0.1) is 0 Å². The molecule has 3 N–H and O–H groups in total. The fraction of sp³-hybridized carbons (Fsp3) is 0.310. The number of rotatable bonds is 8. The molecule has 0 heterocycles. The molecule has 0 aromatic heterocycles. The van der Waals surface area contributed by atoms with Gasteiger partial charge in [-0.05, 0) is 57.0 Å². The Balaban J connectivity index is 1.85. The Morgan fingerprint density at radius 1 is 0.886 bits per heavy atom. The number of amides is 1. The van der Waals surface area contributed by atoms with Crippen LogP contribution in [0.2, 0.25) is 0 Å². The van der Waals surface area contributed by atoms with Gasteiger partial charge in [0.25, 0.3) is 0 Å². The van der Waals surface area contributed by atoms with Crippen LogP contribution in [-0.2, 0) is 11.4 Å². The number of phenols is 1. The lowest BCUT2D eigenvalue weighted by Crippen LogP contribution is -2.49. The number of hydrogen-bond acceptors (Lipinski definition) is 5. The van der Waals surface area contributed by atoms with Gasteiger partial charge in [0.15, 0.2) is 5.78 Å². The summed E-state index contributed by atoms with van der Waals surface area (Å²) in [4.78, 5) is 28.2. The summed E-state index contributed by atoms with van der Waals surface area (Å²) in [6, 6.07) is 20.6. The van der Waals surface area contributed by atoms with E-state index in [2.05, 4.69) is 0 Å². The molecule has 6 nitrogen and oxygen atoms in total. The number of ketones is 1. The zero-order valence-corrected chi connectivity index (χ0v) is 20.6. The second kappa shape index (κ2) is 10.8. The van der Waals surface area contributed by atoms with E-state index in [4.69, 9.17) is 0 Å². The van der Waals surface area contributed by atoms with E-state index in [0.717, 1.165) is 0 Å². The highest BCUT2D eigenvalue weighted by Gasteiger charge is 2.32. The number of β-amino-alcohol motifs (C(OH)–C–C–N with tert-alkyl or cyclic N) is 1. The Morgan fingerprint density at radius 3 is 2.17 bits per heavy atom. The summed E-state index contributed by atoms with van der Waals surface area (Å²) in [5.41, 5.74) is 2.03. The van der Waals surface area contributed by atoms with Crippen LogP contribution in [0.15, 0.2) is 72.8 Å². The molecule has 3 aromatic rings. The number of aliphatic hydroxyl groups excluding tert-OH is 2. The van der Waals surface area contributed by atoms with E-state index in [1.807, 2.05) is 45.0 Å². The van der Waals surface area contributed by atoms with Gasteiger partial charge in [0, 0.05) is 22.2 Å². The predicted molar refractivity (Wildman–Crippen MR) is 135 cm³/mol. The summed E-state index contributed by atoms with van der Waals surface area (Å²) in [5, 5.41) is 30.2. The van der Waals surface area contributed by atoms with E-state index >= 15 is 0 Å². The molecule has 2 atom stereocenters. The molecule has 184 valence electrons. The van der Waals surface area contributed by atoms with Gasteiger partial charge >= 0.3 is 0 Å². The lowest BCUT2D eigenvalue weighted by molar-refractivity contribution is -0.139. The molecule has 0 fully saturated rings. The van der Waals surface area contributed by atoms with Crippen LogP contribution in [0.1, 0.15) is 72.3 Å². The zero-order chi connectivity index (χ0) is 25.8. The Hall–Kier alpha value is -3.48. The van der Waals surface area contributed by atoms with Crippen molar-refractivity contribution in [3.63, 3.8) is 0 Å². The predicted octanol–water partition coefficient (Wildman–Crippen LogP) is 4.58. The minimum Gasteiger partial charge on any atom is -0.508 e. The van der Waals surface area contributed by atoms with Crippen LogP contribution in [0, 0.1) is 0 Å². The van der Waals surface area contributed by atoms with Crippen LogP contribution in [0.3, 0.4) is 0 Å². The lowest BCUT2D eigenvalue weighted by atomic mass is 9.92. The standard InChI is InChI=1S/C29H33NO5/c1-19(21-11-8-12-23(15-21)27(34)20-9-6-5-7-10-20)28(35)30(29(2,3)4)17-26(33)22-13-14-25(32)24(16-22)18-31/h5-16,19,26,31-33H,17-18H2,1-4H3/t19-,26-/m0/s1. The summed E-state index contributed by atoms with van der Waals surface area (Å²) in [6.07, 6.45) is -1.01. The van der Waals surface area contributed by atoms with Crippen LogP contribution in [0.5, 0.6) is 5.75 Å². The number of benzene rings is 3. The molecule has 0 unspecified atom stereocenters. The molecule has 3 rings (SSSR count). The van der Waals surface area contributed by atoms with Crippen LogP contribution in [0.25, 0.3) is 0 Å². The van der Waals surface area contributed by atoms with Crippen molar-refractivity contribution < 1.29 is 24.9 Å². The van der Waals surface area contributed by atoms with E-state index in [0.29, 0.717) is 27.8 Å². The number of nitrogens with zero attached hydrogens (tertiary/aromatic N) is 1. The molecule has 0 aliphatic carbocycles. The van der Waals surface area contributed by atoms with Crippen molar-refractivity contribution in [1.29, 1.82) is 0 Å². The SMILES string of the molecule is C[C@H](C(=O)N(C[C@H](O)c1ccc(O)c(CO)c1)C(C)(C)C)c1cccc(C(=O)c2ccccc2)c1. The molecule has 0 spiro atoms. The Bertz CT molecular complexity index is 1180. The monoisotopic (exact) mass is 475 g/mol. The molecule has 0 radical (unpaired) electrons. The smallest absolute Gasteiger partial charge is 0.230 e. The second-order valence-corrected chi connectivity index (χ2v) is 9.72. The average molecular weight is 476 g/mol. The maximum absolute atomic E-state index is 13.6. The van der Waals surface area contributed by atoms with Crippen molar-refractivity contribution in [3.8, 4) is 5.75 Å². The third kappa shape index (κ3) is 6.15. The number of carbonyl (C=O) groups excluding carboxylic acids is 2. The van der Waals surface area contributed by atoms with Gasteiger partial charge < -0.3 is 20.2 Å². The molecule has 0 aliphatic rings. The zero-order valence-electron chi connectivity index (χ0n) is 20.6. The van der Waals surface area contributed by atoms with E-state index in [1.54, 1.807) is 48.2 Å². The minimum atomic E-state index is -1.01. The van der Waals surface area contributed by atoms with Gasteiger partial charge in [-0.2, -0.15) is 0 Å². The second-order valence-electron chi connectivity index (χ2n) is 9.72. The molecule has 0 saturated heterocycles. The summed E-state index contributed by atoms with van der Waals surface area (Å²) in [5.74, 6) is -0.882. The van der Waals surface area contributed by atoms with Crippen LogP contribution < -0.4 is 0 Å². The van der Waals surface area contributed by atoms with Gasteiger partial charge in [-0.3, -0.25) is 9.59 Å². The fourth-order valence-electron chi connectivity index (χ4n) is 3.99. The Kier molecular flexibility index (Phi) is 8.10. The maximum atomic E-state index is 13.6. The van der Waals surface area contributed by atoms with Crippen molar-refractivity contribution in [3.05, 3.63) is 101 Å². The van der Waals surface area contributed by atoms with Gasteiger partial charge in [0.2, 0.25) is 5.91 Å². The number of carbonyl (C=O) groups is 2. The molecule has 3 aromatic carbocycles. The molecule has 6 heteroatoms. The molecular formula is C29H33NO5. The maximum Gasteiger partial charge on any atom is 0.230 e. The van der Waals surface area contributed by atoms with Gasteiger partial charge in [0.05, 0.1) is 25.2 Å². The fourth-order valence-corrected chi connectivity index (χ4v) is 3.99.